The van der Waals surface area contributed by atoms with Crippen LogP contribution in [0.1, 0.15) is 21.6 Å². The maximum absolute atomic E-state index is 12.2. The van der Waals surface area contributed by atoms with Crippen molar-refractivity contribution in [3.8, 4) is 0 Å². The van der Waals surface area contributed by atoms with E-state index in [9.17, 15) is 19.5 Å². The first-order valence-electron chi connectivity index (χ1n) is 7.61. The third kappa shape index (κ3) is 4.32. The van der Waals surface area contributed by atoms with Crippen LogP contribution in [0, 0.1) is 12.8 Å². The number of carboxylic acid groups (broad SMARTS) is 1. The minimum absolute atomic E-state index is 0.00874. The van der Waals surface area contributed by atoms with E-state index in [2.05, 4.69) is 5.32 Å². The molecule has 24 heavy (non-hydrogen) atoms. The molecule has 0 spiro atoms. The van der Waals surface area contributed by atoms with Gasteiger partial charge in [-0.3, -0.25) is 14.4 Å². The van der Waals surface area contributed by atoms with Gasteiger partial charge in [-0.15, -0.1) is 0 Å². The third-order valence-electron chi connectivity index (χ3n) is 3.84. The number of carbonyl (C=O) groups is 2. The molecule has 2 aromatic rings. The highest BCUT2D eigenvalue weighted by atomic mass is 16.4. The first kappa shape index (κ1) is 17.5. The molecule has 1 aromatic heterocycles. The van der Waals surface area contributed by atoms with E-state index in [1.165, 1.54) is 29.8 Å². The molecule has 0 aliphatic carbocycles. The number of benzene rings is 1. The molecule has 2 N–H and O–H groups in total. The highest BCUT2D eigenvalue weighted by Crippen LogP contribution is 2.11. The molecule has 1 amide bonds. The summed E-state index contributed by atoms with van der Waals surface area (Å²) in [7, 11) is 1.50. The van der Waals surface area contributed by atoms with E-state index in [0.717, 1.165) is 11.1 Å². The number of aliphatic carboxylic acids is 1. The molecule has 0 saturated carbocycles. The van der Waals surface area contributed by atoms with Gasteiger partial charge in [-0.05, 0) is 25.0 Å². The average Bonchev–Trinajstić information content (AvgIpc) is 2.53. The van der Waals surface area contributed by atoms with Crippen molar-refractivity contribution >= 4 is 11.9 Å². The fraction of sp³-hybridized carbons (Fsp3) is 0.278. The number of aromatic nitrogens is 1. The Morgan fingerprint density at radius 2 is 1.92 bits per heavy atom. The molecular formula is C18H20N2O4. The van der Waals surface area contributed by atoms with Crippen molar-refractivity contribution in [2.45, 2.75) is 13.3 Å². The van der Waals surface area contributed by atoms with Crippen molar-refractivity contribution in [2.24, 2.45) is 13.0 Å². The monoisotopic (exact) mass is 328 g/mol. The van der Waals surface area contributed by atoms with Gasteiger partial charge in [0.05, 0.1) is 5.92 Å². The number of hydrogen-bond acceptors (Lipinski definition) is 3. The number of pyridine rings is 1. The zero-order valence-corrected chi connectivity index (χ0v) is 13.7. The van der Waals surface area contributed by atoms with Crippen molar-refractivity contribution in [3.63, 3.8) is 0 Å². The smallest absolute Gasteiger partial charge is 0.308 e. The summed E-state index contributed by atoms with van der Waals surface area (Å²) < 4.78 is 1.23. The standard InChI is InChI=1S/C18H20N2O4/c1-12-5-3-6-13(9-12)10-14(18(23)24)11-19-17(22)15-7-4-8-16(21)20(15)2/h3-9,14H,10-11H2,1-2H3,(H,19,22)(H,23,24). The van der Waals surface area contributed by atoms with E-state index >= 15 is 0 Å². The molecule has 0 fully saturated rings. The number of amides is 1. The number of nitrogens with one attached hydrogen (secondary N) is 1. The van der Waals surface area contributed by atoms with E-state index in [-0.39, 0.29) is 17.8 Å². The molecule has 0 radical (unpaired) electrons. The summed E-state index contributed by atoms with van der Waals surface area (Å²) in [6.45, 7) is 1.93. The summed E-state index contributed by atoms with van der Waals surface area (Å²) in [4.78, 5) is 35.2. The number of carbonyl (C=O) groups excluding carboxylic acids is 1. The molecule has 1 heterocycles. The summed E-state index contributed by atoms with van der Waals surface area (Å²) >= 11 is 0. The summed E-state index contributed by atoms with van der Waals surface area (Å²) in [6.07, 6.45) is 0.324. The Morgan fingerprint density at radius 1 is 1.21 bits per heavy atom. The van der Waals surface area contributed by atoms with Crippen LogP contribution in [0.25, 0.3) is 0 Å². The van der Waals surface area contributed by atoms with E-state index < -0.39 is 17.8 Å². The van der Waals surface area contributed by atoms with Crippen LogP contribution in [-0.4, -0.2) is 28.1 Å². The molecule has 0 bridgehead atoms. The van der Waals surface area contributed by atoms with Crippen molar-refractivity contribution in [1.82, 2.24) is 9.88 Å². The summed E-state index contributed by atoms with van der Waals surface area (Å²) in [5.74, 6) is -2.18. The molecule has 1 aromatic carbocycles. The van der Waals surface area contributed by atoms with E-state index in [4.69, 9.17) is 0 Å². The van der Waals surface area contributed by atoms with Crippen LogP contribution in [0.5, 0.6) is 0 Å². The lowest BCUT2D eigenvalue weighted by Crippen LogP contribution is -2.36. The second-order valence-electron chi connectivity index (χ2n) is 5.75. The van der Waals surface area contributed by atoms with Crippen molar-refractivity contribution in [3.05, 3.63) is 69.6 Å². The molecular weight excluding hydrogens is 308 g/mol. The van der Waals surface area contributed by atoms with E-state index in [1.807, 2.05) is 31.2 Å². The van der Waals surface area contributed by atoms with Crippen molar-refractivity contribution in [2.75, 3.05) is 6.54 Å². The number of nitrogens with zero attached hydrogens (tertiary/aromatic N) is 1. The third-order valence-corrected chi connectivity index (χ3v) is 3.84. The molecule has 126 valence electrons. The molecule has 2 rings (SSSR count). The predicted molar refractivity (Wildman–Crippen MR) is 90.0 cm³/mol. The maximum atomic E-state index is 12.2. The van der Waals surface area contributed by atoms with Gasteiger partial charge < -0.3 is 15.0 Å². The molecule has 0 aliphatic rings. The Hall–Kier alpha value is -2.89. The summed E-state index contributed by atoms with van der Waals surface area (Å²) in [6, 6.07) is 12.0. The van der Waals surface area contributed by atoms with Crippen LogP contribution in [0.3, 0.4) is 0 Å². The minimum Gasteiger partial charge on any atom is -0.481 e. The van der Waals surface area contributed by atoms with Gasteiger partial charge in [-0.25, -0.2) is 0 Å². The zero-order valence-electron chi connectivity index (χ0n) is 13.7. The second kappa shape index (κ2) is 7.59. The first-order chi connectivity index (χ1) is 11.4. The fourth-order valence-corrected chi connectivity index (χ4v) is 2.47. The Labute approximate surface area is 139 Å². The molecule has 6 nitrogen and oxygen atoms in total. The average molecular weight is 328 g/mol. The Kier molecular flexibility index (Phi) is 5.52. The topological polar surface area (TPSA) is 88.4 Å². The van der Waals surface area contributed by atoms with Crippen LogP contribution in [-0.2, 0) is 18.3 Å². The van der Waals surface area contributed by atoms with Crippen LogP contribution in [0.15, 0.2) is 47.3 Å². The second-order valence-corrected chi connectivity index (χ2v) is 5.75. The zero-order chi connectivity index (χ0) is 17.7. The predicted octanol–water partition coefficient (Wildman–Crippen LogP) is 1.37. The fourth-order valence-electron chi connectivity index (χ4n) is 2.47. The van der Waals surface area contributed by atoms with Crippen molar-refractivity contribution in [1.29, 1.82) is 0 Å². The van der Waals surface area contributed by atoms with Gasteiger partial charge in [0.2, 0.25) is 0 Å². The van der Waals surface area contributed by atoms with Crippen LogP contribution in [0.4, 0.5) is 0 Å². The lowest BCUT2D eigenvalue weighted by Gasteiger charge is -2.15. The quantitative estimate of drug-likeness (QED) is 0.838. The normalized spacial score (nSPS) is 11.8. The largest absolute Gasteiger partial charge is 0.481 e. The maximum Gasteiger partial charge on any atom is 0.308 e. The molecule has 0 aliphatic heterocycles. The van der Waals surface area contributed by atoms with Gasteiger partial charge in [0.15, 0.2) is 0 Å². The van der Waals surface area contributed by atoms with Gasteiger partial charge >= 0.3 is 5.97 Å². The van der Waals surface area contributed by atoms with Gasteiger partial charge in [0, 0.05) is 19.7 Å². The Balaban J connectivity index is 2.06. The number of rotatable bonds is 6. The summed E-state index contributed by atoms with van der Waals surface area (Å²) in [5, 5.41) is 12.0. The van der Waals surface area contributed by atoms with Crippen LogP contribution in [0.2, 0.25) is 0 Å². The number of carboxylic acids is 1. The lowest BCUT2D eigenvalue weighted by atomic mass is 9.98. The van der Waals surface area contributed by atoms with Gasteiger partial charge in [0.25, 0.3) is 11.5 Å². The summed E-state index contributed by atoms with van der Waals surface area (Å²) in [5.41, 5.74) is 1.86. The molecule has 1 atom stereocenters. The van der Waals surface area contributed by atoms with Gasteiger partial charge in [-0.1, -0.05) is 35.9 Å². The van der Waals surface area contributed by atoms with Crippen molar-refractivity contribution < 1.29 is 14.7 Å². The minimum atomic E-state index is -0.973. The number of hydrogen-bond donors (Lipinski definition) is 2. The van der Waals surface area contributed by atoms with E-state index in [1.54, 1.807) is 0 Å². The SMILES string of the molecule is Cc1cccc(CC(CNC(=O)c2cccc(=O)n2C)C(=O)O)c1. The molecule has 1 unspecified atom stereocenters. The van der Waals surface area contributed by atoms with Gasteiger partial charge in [0.1, 0.15) is 5.69 Å². The highest BCUT2D eigenvalue weighted by Gasteiger charge is 2.20. The number of aryl methyl sites for hydroxylation is 1. The lowest BCUT2D eigenvalue weighted by molar-refractivity contribution is -0.141. The van der Waals surface area contributed by atoms with Gasteiger partial charge in [-0.2, -0.15) is 0 Å². The molecule has 0 saturated heterocycles. The van der Waals surface area contributed by atoms with Crippen LogP contribution >= 0.6 is 0 Å². The first-order valence-corrected chi connectivity index (χ1v) is 7.61. The van der Waals surface area contributed by atoms with E-state index in [0.29, 0.717) is 6.42 Å². The Morgan fingerprint density at radius 3 is 2.58 bits per heavy atom. The highest BCUT2D eigenvalue weighted by molar-refractivity contribution is 5.92. The Bertz CT molecular complexity index is 811. The molecule has 6 heteroatoms. The van der Waals surface area contributed by atoms with Crippen LogP contribution < -0.4 is 10.9 Å².